The van der Waals surface area contributed by atoms with Gasteiger partial charge in [0.25, 0.3) is 0 Å². The molecule has 1 unspecified atom stereocenters. The van der Waals surface area contributed by atoms with Crippen LogP contribution in [-0.2, 0) is 5.75 Å². The average Bonchev–Trinajstić information content (AvgIpc) is 2.67. The summed E-state index contributed by atoms with van der Waals surface area (Å²) in [7, 11) is 0. The Morgan fingerprint density at radius 1 is 1.07 bits per heavy atom. The standard InChI is InChI=1S/C20H14ClFN4S/c21-15-7-4-8-16(22)18(15)17-13(9-23)19(25)26-20(14(17)10-24)27-11-12-5-2-1-3-6-12/h1-8,17,26H,11,25H2. The van der Waals surface area contributed by atoms with E-state index >= 15 is 0 Å². The molecule has 1 heterocycles. The Hall–Kier alpha value is -2.93. The van der Waals surface area contributed by atoms with Gasteiger partial charge < -0.3 is 11.1 Å². The van der Waals surface area contributed by atoms with Crippen LogP contribution in [-0.4, -0.2) is 0 Å². The molecule has 1 aliphatic heterocycles. The van der Waals surface area contributed by atoms with Crippen LogP contribution in [0.25, 0.3) is 0 Å². The minimum absolute atomic E-state index is 0.0719. The quantitative estimate of drug-likeness (QED) is 0.793. The fraction of sp³-hybridized carbons (Fsp3) is 0.100. The highest BCUT2D eigenvalue weighted by Crippen LogP contribution is 2.43. The number of nitrogens with zero attached hydrogens (tertiary/aromatic N) is 2. The van der Waals surface area contributed by atoms with Gasteiger partial charge in [-0.15, -0.1) is 11.8 Å². The monoisotopic (exact) mass is 396 g/mol. The molecule has 134 valence electrons. The van der Waals surface area contributed by atoms with Crippen molar-refractivity contribution in [3.8, 4) is 12.1 Å². The van der Waals surface area contributed by atoms with Crippen LogP contribution < -0.4 is 11.1 Å². The number of nitriles is 2. The third kappa shape index (κ3) is 3.78. The van der Waals surface area contributed by atoms with E-state index in [-0.39, 0.29) is 27.6 Å². The first-order valence-corrected chi connectivity index (χ1v) is 9.34. The van der Waals surface area contributed by atoms with Crippen LogP contribution in [0.3, 0.4) is 0 Å². The predicted molar refractivity (Wildman–Crippen MR) is 104 cm³/mol. The maximum Gasteiger partial charge on any atom is 0.128 e. The van der Waals surface area contributed by atoms with Crippen LogP contribution in [0, 0.1) is 28.5 Å². The molecule has 0 fully saturated rings. The van der Waals surface area contributed by atoms with Crippen molar-refractivity contribution in [1.29, 1.82) is 10.5 Å². The van der Waals surface area contributed by atoms with Crippen LogP contribution in [0.2, 0.25) is 5.02 Å². The molecular formula is C20H14ClFN4S. The molecular weight excluding hydrogens is 383 g/mol. The first-order valence-electron chi connectivity index (χ1n) is 7.98. The number of thioether (sulfide) groups is 1. The van der Waals surface area contributed by atoms with Crippen molar-refractivity contribution in [3.05, 3.63) is 92.5 Å². The number of dihydropyridines is 1. The van der Waals surface area contributed by atoms with Crippen molar-refractivity contribution in [1.82, 2.24) is 5.32 Å². The van der Waals surface area contributed by atoms with Gasteiger partial charge in [0.15, 0.2) is 0 Å². The summed E-state index contributed by atoms with van der Waals surface area (Å²) >= 11 is 7.57. The van der Waals surface area contributed by atoms with E-state index in [0.717, 1.165) is 5.56 Å². The molecule has 4 nitrogen and oxygen atoms in total. The minimum atomic E-state index is -0.951. The van der Waals surface area contributed by atoms with E-state index in [1.807, 2.05) is 36.4 Å². The Morgan fingerprint density at radius 2 is 1.78 bits per heavy atom. The summed E-state index contributed by atoms with van der Waals surface area (Å²) in [5.41, 5.74) is 7.44. The lowest BCUT2D eigenvalue weighted by molar-refractivity contribution is 0.604. The second kappa shape index (κ2) is 8.18. The Labute approximate surface area is 165 Å². The molecule has 7 heteroatoms. The zero-order valence-electron chi connectivity index (χ0n) is 14.0. The number of nitrogens with one attached hydrogen (secondary N) is 1. The molecule has 0 aromatic heterocycles. The van der Waals surface area contributed by atoms with E-state index < -0.39 is 11.7 Å². The first-order chi connectivity index (χ1) is 13.1. The largest absolute Gasteiger partial charge is 0.384 e. The summed E-state index contributed by atoms with van der Waals surface area (Å²) in [5, 5.41) is 22.9. The second-order valence-electron chi connectivity index (χ2n) is 5.76. The molecule has 1 aliphatic rings. The maximum absolute atomic E-state index is 14.5. The van der Waals surface area contributed by atoms with Crippen molar-refractivity contribution in [2.24, 2.45) is 5.73 Å². The fourth-order valence-electron chi connectivity index (χ4n) is 2.85. The minimum Gasteiger partial charge on any atom is -0.384 e. The summed E-state index contributed by atoms with van der Waals surface area (Å²) in [6, 6.07) is 18.0. The molecule has 2 aromatic carbocycles. The first kappa shape index (κ1) is 18.8. The topological polar surface area (TPSA) is 85.6 Å². The third-order valence-electron chi connectivity index (χ3n) is 4.12. The molecule has 0 saturated carbocycles. The van der Waals surface area contributed by atoms with Crippen LogP contribution in [0.5, 0.6) is 0 Å². The van der Waals surface area contributed by atoms with Gasteiger partial charge in [0.1, 0.15) is 11.6 Å². The molecule has 2 aromatic rings. The summed E-state index contributed by atoms with van der Waals surface area (Å²) in [4.78, 5) is 0. The lowest BCUT2D eigenvalue weighted by Crippen LogP contribution is -2.29. The van der Waals surface area contributed by atoms with Crippen molar-refractivity contribution in [3.63, 3.8) is 0 Å². The van der Waals surface area contributed by atoms with E-state index in [0.29, 0.717) is 10.8 Å². The molecule has 0 amide bonds. The summed E-state index contributed by atoms with van der Waals surface area (Å²) in [6.07, 6.45) is 0. The van der Waals surface area contributed by atoms with E-state index in [4.69, 9.17) is 17.3 Å². The molecule has 0 bridgehead atoms. The highest BCUT2D eigenvalue weighted by atomic mass is 35.5. The summed E-state index contributed by atoms with van der Waals surface area (Å²) < 4.78 is 14.5. The normalized spacial score (nSPS) is 16.5. The zero-order valence-corrected chi connectivity index (χ0v) is 15.6. The second-order valence-corrected chi connectivity index (χ2v) is 7.15. The number of rotatable bonds is 4. The number of hydrogen-bond donors (Lipinski definition) is 2. The molecule has 1 atom stereocenters. The van der Waals surface area contributed by atoms with E-state index in [9.17, 15) is 14.9 Å². The highest BCUT2D eigenvalue weighted by Gasteiger charge is 2.34. The Bertz CT molecular complexity index is 998. The van der Waals surface area contributed by atoms with Crippen LogP contribution in [0.15, 0.2) is 70.5 Å². The van der Waals surface area contributed by atoms with Crippen molar-refractivity contribution >= 4 is 23.4 Å². The number of allylic oxidation sites excluding steroid dienone is 2. The van der Waals surface area contributed by atoms with Gasteiger partial charge in [0, 0.05) is 16.3 Å². The number of nitrogens with two attached hydrogens (primary N) is 1. The smallest absolute Gasteiger partial charge is 0.128 e. The van der Waals surface area contributed by atoms with Gasteiger partial charge in [-0.05, 0) is 17.7 Å². The summed E-state index contributed by atoms with van der Waals surface area (Å²) in [6.45, 7) is 0. The van der Waals surface area contributed by atoms with Crippen LogP contribution in [0.4, 0.5) is 4.39 Å². The molecule has 3 rings (SSSR count). The molecule has 0 saturated heterocycles. The van der Waals surface area contributed by atoms with E-state index in [1.54, 1.807) is 0 Å². The summed E-state index contributed by atoms with van der Waals surface area (Å²) in [5.74, 6) is -0.860. The number of halogens is 2. The number of benzene rings is 2. The Morgan fingerprint density at radius 3 is 2.41 bits per heavy atom. The lowest BCUT2D eigenvalue weighted by atomic mass is 9.84. The molecule has 27 heavy (non-hydrogen) atoms. The molecule has 3 N–H and O–H groups in total. The van der Waals surface area contributed by atoms with Gasteiger partial charge in [-0.25, -0.2) is 4.39 Å². The van der Waals surface area contributed by atoms with Crippen LogP contribution >= 0.6 is 23.4 Å². The molecule has 0 aliphatic carbocycles. The zero-order chi connectivity index (χ0) is 19.4. The van der Waals surface area contributed by atoms with E-state index in [1.165, 1.54) is 30.0 Å². The highest BCUT2D eigenvalue weighted by molar-refractivity contribution is 8.02. The van der Waals surface area contributed by atoms with Gasteiger partial charge >= 0.3 is 0 Å². The molecule has 0 spiro atoms. The SMILES string of the molecule is N#CC1=C(N)NC(SCc2ccccc2)=C(C#N)C1c1c(F)cccc1Cl. The lowest BCUT2D eigenvalue weighted by Gasteiger charge is -2.27. The third-order valence-corrected chi connectivity index (χ3v) is 5.53. The fourth-order valence-corrected chi connectivity index (χ4v) is 4.12. The maximum atomic E-state index is 14.5. The Kier molecular flexibility index (Phi) is 5.71. The van der Waals surface area contributed by atoms with Gasteiger partial charge in [-0.1, -0.05) is 48.0 Å². The predicted octanol–water partition coefficient (Wildman–Crippen LogP) is 4.53. The molecule has 0 radical (unpaired) electrons. The number of hydrogen-bond acceptors (Lipinski definition) is 5. The van der Waals surface area contributed by atoms with Crippen molar-refractivity contribution in [2.75, 3.05) is 0 Å². The average molecular weight is 397 g/mol. The van der Waals surface area contributed by atoms with Crippen molar-refractivity contribution < 1.29 is 4.39 Å². The van der Waals surface area contributed by atoms with E-state index in [2.05, 4.69) is 11.4 Å². The Balaban J connectivity index is 2.07. The van der Waals surface area contributed by atoms with Crippen LogP contribution in [0.1, 0.15) is 17.0 Å². The van der Waals surface area contributed by atoms with Crippen molar-refractivity contribution in [2.45, 2.75) is 11.7 Å². The van der Waals surface area contributed by atoms with Gasteiger partial charge in [-0.3, -0.25) is 0 Å². The van der Waals surface area contributed by atoms with Gasteiger partial charge in [0.05, 0.1) is 34.2 Å². The van der Waals surface area contributed by atoms with Gasteiger partial charge in [0.2, 0.25) is 0 Å². The van der Waals surface area contributed by atoms with Gasteiger partial charge in [-0.2, -0.15) is 10.5 Å².